The third-order valence-corrected chi connectivity index (χ3v) is 7.68. The highest BCUT2D eigenvalue weighted by Crippen LogP contribution is 2.35. The zero-order valence-corrected chi connectivity index (χ0v) is 19.1. The third kappa shape index (κ3) is 4.19. The standard InChI is InChI=1S/C25H23FN2O5S/c26-19-7-9-20(10-8-19)28(17-25(29)27-13-3-5-18-4-1-2-6-22(18)27)34(30,31)21-11-12-23-24(16-21)33-15-14-32-23/h1-2,4,6-12,16H,3,5,13-15,17H2. The van der Waals surface area contributed by atoms with Gasteiger partial charge in [-0.15, -0.1) is 0 Å². The maximum atomic E-state index is 13.7. The Morgan fingerprint density at radius 1 is 0.971 bits per heavy atom. The lowest BCUT2D eigenvalue weighted by atomic mass is 10.0. The Labute approximate surface area is 197 Å². The first-order valence-corrected chi connectivity index (χ1v) is 12.4. The molecule has 3 aromatic rings. The number of halogens is 1. The molecule has 0 spiro atoms. The van der Waals surface area contributed by atoms with Crippen LogP contribution >= 0.6 is 0 Å². The van der Waals surface area contributed by atoms with Crippen LogP contribution in [-0.4, -0.2) is 40.6 Å². The highest BCUT2D eigenvalue weighted by atomic mass is 32.2. The summed E-state index contributed by atoms with van der Waals surface area (Å²) in [6, 6.07) is 17.0. The first-order valence-electron chi connectivity index (χ1n) is 11.0. The summed E-state index contributed by atoms with van der Waals surface area (Å²) in [5.74, 6) is -0.0866. The number of sulfonamides is 1. The number of hydrogen-bond donors (Lipinski definition) is 0. The number of fused-ring (bicyclic) bond motifs is 2. The monoisotopic (exact) mass is 482 g/mol. The summed E-state index contributed by atoms with van der Waals surface area (Å²) in [5.41, 5.74) is 2.02. The number of amides is 1. The number of aryl methyl sites for hydroxylation is 1. The number of benzene rings is 3. The quantitative estimate of drug-likeness (QED) is 0.553. The number of carbonyl (C=O) groups is 1. The molecule has 2 aliphatic rings. The van der Waals surface area contributed by atoms with E-state index in [-0.39, 0.29) is 16.5 Å². The third-order valence-electron chi connectivity index (χ3n) is 5.91. The van der Waals surface area contributed by atoms with Crippen molar-refractivity contribution < 1.29 is 27.1 Å². The molecule has 0 bridgehead atoms. The lowest BCUT2D eigenvalue weighted by Crippen LogP contribution is -2.45. The molecule has 176 valence electrons. The average Bonchev–Trinajstić information content (AvgIpc) is 2.87. The molecule has 0 fully saturated rings. The Hall–Kier alpha value is -3.59. The predicted molar refractivity (Wildman–Crippen MR) is 125 cm³/mol. The van der Waals surface area contributed by atoms with Crippen LogP contribution in [0.4, 0.5) is 15.8 Å². The minimum absolute atomic E-state index is 0.0482. The van der Waals surface area contributed by atoms with E-state index in [0.29, 0.717) is 31.3 Å². The number of carbonyl (C=O) groups excluding carboxylic acids is 1. The zero-order valence-electron chi connectivity index (χ0n) is 18.3. The maximum Gasteiger partial charge on any atom is 0.264 e. The van der Waals surface area contributed by atoms with Crippen LogP contribution in [0.25, 0.3) is 0 Å². The van der Waals surface area contributed by atoms with Gasteiger partial charge in [0.1, 0.15) is 25.6 Å². The normalized spacial score (nSPS) is 14.9. The Kier molecular flexibility index (Phi) is 5.87. The summed E-state index contributed by atoms with van der Waals surface area (Å²) in [6.07, 6.45) is 1.64. The van der Waals surface area contributed by atoms with Crippen LogP contribution < -0.4 is 18.7 Å². The van der Waals surface area contributed by atoms with E-state index in [0.717, 1.165) is 28.4 Å². The molecule has 0 saturated heterocycles. The Bertz CT molecular complexity index is 1330. The topological polar surface area (TPSA) is 76.2 Å². The van der Waals surface area contributed by atoms with E-state index in [4.69, 9.17) is 9.47 Å². The van der Waals surface area contributed by atoms with E-state index in [1.165, 1.54) is 42.5 Å². The van der Waals surface area contributed by atoms with Crippen molar-refractivity contribution in [3.05, 3.63) is 78.1 Å². The van der Waals surface area contributed by atoms with Crippen LogP contribution in [0.5, 0.6) is 11.5 Å². The molecular formula is C25H23FN2O5S. The summed E-state index contributed by atoms with van der Waals surface area (Å²) in [7, 11) is -4.18. The first kappa shape index (κ1) is 22.2. The van der Waals surface area contributed by atoms with E-state index in [9.17, 15) is 17.6 Å². The highest BCUT2D eigenvalue weighted by molar-refractivity contribution is 7.92. The van der Waals surface area contributed by atoms with Crippen molar-refractivity contribution in [2.75, 3.05) is 35.5 Å². The van der Waals surface area contributed by atoms with Crippen LogP contribution in [0.1, 0.15) is 12.0 Å². The van der Waals surface area contributed by atoms with Crippen molar-refractivity contribution in [3.63, 3.8) is 0 Å². The number of anilines is 2. The van der Waals surface area contributed by atoms with Gasteiger partial charge < -0.3 is 14.4 Å². The Morgan fingerprint density at radius 2 is 1.71 bits per heavy atom. The van der Waals surface area contributed by atoms with E-state index in [1.54, 1.807) is 4.90 Å². The van der Waals surface area contributed by atoms with Crippen LogP contribution in [-0.2, 0) is 21.2 Å². The fraction of sp³-hybridized carbons (Fsp3) is 0.240. The maximum absolute atomic E-state index is 13.7. The van der Waals surface area contributed by atoms with E-state index >= 15 is 0 Å². The van der Waals surface area contributed by atoms with Crippen molar-refractivity contribution in [3.8, 4) is 11.5 Å². The van der Waals surface area contributed by atoms with Gasteiger partial charge >= 0.3 is 0 Å². The van der Waals surface area contributed by atoms with Crippen molar-refractivity contribution in [1.82, 2.24) is 0 Å². The van der Waals surface area contributed by atoms with E-state index in [2.05, 4.69) is 0 Å². The van der Waals surface area contributed by atoms with Gasteiger partial charge in [-0.05, 0) is 60.9 Å². The zero-order chi connectivity index (χ0) is 23.7. The summed E-state index contributed by atoms with van der Waals surface area (Å²) in [4.78, 5) is 15.0. The van der Waals surface area contributed by atoms with Crippen LogP contribution in [0.3, 0.4) is 0 Å². The molecule has 2 heterocycles. The minimum atomic E-state index is -4.18. The molecule has 0 aliphatic carbocycles. The summed E-state index contributed by atoms with van der Waals surface area (Å²) >= 11 is 0. The second kappa shape index (κ2) is 8.98. The van der Waals surface area contributed by atoms with Gasteiger partial charge in [0.15, 0.2) is 11.5 Å². The van der Waals surface area contributed by atoms with Gasteiger partial charge in [0.2, 0.25) is 5.91 Å². The van der Waals surface area contributed by atoms with E-state index < -0.39 is 22.4 Å². The molecule has 0 aromatic heterocycles. The van der Waals surface area contributed by atoms with Crippen molar-refractivity contribution in [1.29, 1.82) is 0 Å². The van der Waals surface area contributed by atoms with Crippen molar-refractivity contribution >= 4 is 27.3 Å². The molecule has 0 unspecified atom stereocenters. The first-order chi connectivity index (χ1) is 16.4. The molecule has 3 aromatic carbocycles. The van der Waals surface area contributed by atoms with Gasteiger partial charge in [-0.3, -0.25) is 9.10 Å². The molecule has 0 saturated carbocycles. The largest absolute Gasteiger partial charge is 0.486 e. The van der Waals surface area contributed by atoms with Gasteiger partial charge in [0, 0.05) is 18.3 Å². The lowest BCUT2D eigenvalue weighted by Gasteiger charge is -2.32. The van der Waals surface area contributed by atoms with Gasteiger partial charge in [0.05, 0.1) is 10.6 Å². The molecule has 0 N–H and O–H groups in total. The smallest absolute Gasteiger partial charge is 0.264 e. The van der Waals surface area contributed by atoms with Crippen LogP contribution in [0.15, 0.2) is 71.6 Å². The number of para-hydroxylation sites is 1. The molecule has 9 heteroatoms. The van der Waals surface area contributed by atoms with Crippen molar-refractivity contribution in [2.45, 2.75) is 17.7 Å². The summed E-state index contributed by atoms with van der Waals surface area (Å²) in [5, 5.41) is 0. The second-order valence-electron chi connectivity index (χ2n) is 8.07. The number of rotatable bonds is 5. The number of nitrogens with zero attached hydrogens (tertiary/aromatic N) is 2. The molecular weight excluding hydrogens is 459 g/mol. The predicted octanol–water partition coefficient (Wildman–Crippen LogP) is 3.77. The number of hydrogen-bond acceptors (Lipinski definition) is 5. The molecule has 1 amide bonds. The molecule has 34 heavy (non-hydrogen) atoms. The fourth-order valence-electron chi connectivity index (χ4n) is 4.23. The summed E-state index contributed by atoms with van der Waals surface area (Å²) in [6.45, 7) is 0.756. The molecule has 0 atom stereocenters. The SMILES string of the molecule is O=C(CN(c1ccc(F)cc1)S(=O)(=O)c1ccc2c(c1)OCCO2)N1CCCc2ccccc21. The van der Waals surface area contributed by atoms with Gasteiger partial charge in [0.25, 0.3) is 10.0 Å². The van der Waals surface area contributed by atoms with E-state index in [1.807, 2.05) is 24.3 Å². The average molecular weight is 483 g/mol. The minimum Gasteiger partial charge on any atom is -0.486 e. The highest BCUT2D eigenvalue weighted by Gasteiger charge is 2.32. The van der Waals surface area contributed by atoms with Crippen LogP contribution in [0.2, 0.25) is 0 Å². The van der Waals surface area contributed by atoms with Crippen LogP contribution in [0, 0.1) is 5.82 Å². The molecule has 7 nitrogen and oxygen atoms in total. The lowest BCUT2D eigenvalue weighted by molar-refractivity contribution is -0.117. The Morgan fingerprint density at radius 3 is 2.50 bits per heavy atom. The van der Waals surface area contributed by atoms with Crippen molar-refractivity contribution in [2.24, 2.45) is 0 Å². The number of ether oxygens (including phenoxy) is 2. The van der Waals surface area contributed by atoms with Gasteiger partial charge in [-0.1, -0.05) is 18.2 Å². The second-order valence-corrected chi connectivity index (χ2v) is 9.93. The fourth-order valence-corrected chi connectivity index (χ4v) is 5.66. The van der Waals surface area contributed by atoms with Gasteiger partial charge in [-0.2, -0.15) is 0 Å². The summed E-state index contributed by atoms with van der Waals surface area (Å²) < 4.78 is 53.1. The van der Waals surface area contributed by atoms with Gasteiger partial charge in [-0.25, -0.2) is 12.8 Å². The molecule has 0 radical (unpaired) electrons. The Balaban J connectivity index is 1.51. The molecule has 2 aliphatic heterocycles. The molecule has 5 rings (SSSR count).